The van der Waals surface area contributed by atoms with Crippen molar-refractivity contribution in [3.63, 3.8) is 0 Å². The highest BCUT2D eigenvalue weighted by molar-refractivity contribution is 7.46. The van der Waals surface area contributed by atoms with E-state index in [2.05, 4.69) is 14.8 Å². The Morgan fingerprint density at radius 2 is 1.89 bits per heavy atom. The van der Waals surface area contributed by atoms with Crippen LogP contribution in [-0.4, -0.2) is 60.1 Å². The van der Waals surface area contributed by atoms with E-state index in [4.69, 9.17) is 14.5 Å². The zero-order valence-electron chi connectivity index (χ0n) is 19.6. The Balaban J connectivity index is 1.33. The summed E-state index contributed by atoms with van der Waals surface area (Å²) in [6.07, 6.45) is 1.55. The SMILES string of the molecule is CC(=O)c1ccc(C(=O)Nc2ccn([C@H]3C4=CC3(F)C(C)(O)C3C(COP(=O)(O)O)C3O4)c(=O)n2)cc1. The fourth-order valence-corrected chi connectivity index (χ4v) is 5.46. The molecule has 12 nitrogen and oxygen atoms in total. The number of carbonyl (C=O) groups excluding carboxylic acids is 2. The van der Waals surface area contributed by atoms with Crippen molar-refractivity contribution in [3.05, 3.63) is 70.0 Å². The highest BCUT2D eigenvalue weighted by Crippen LogP contribution is 2.65. The molecule has 2 aliphatic carbocycles. The van der Waals surface area contributed by atoms with Crippen LogP contribution in [0, 0.1) is 11.8 Å². The van der Waals surface area contributed by atoms with E-state index in [0.717, 1.165) is 10.6 Å². The highest BCUT2D eigenvalue weighted by Gasteiger charge is 2.76. The molecule has 1 amide bonds. The Hall–Kier alpha value is -3.22. The second-order valence-corrected chi connectivity index (χ2v) is 10.8. The molecule has 1 saturated carbocycles. The van der Waals surface area contributed by atoms with Crippen molar-refractivity contribution < 1.29 is 42.7 Å². The van der Waals surface area contributed by atoms with Gasteiger partial charge >= 0.3 is 13.5 Å². The standard InChI is InChI=1S/C23H23FN3O9P/c1-11(28)12-3-5-13(6-4-12)20(29)25-16-7-8-27(21(30)26-16)19-15-9-23(19,24)22(2,31)17-14(18(17)36-15)10-35-37(32,33)34/h3-9,14,17-19,31H,10H2,1-2H3,(H2,32,33,34)(H,25,26,29,30)/t14?,17?,18?,19-,22?,23?/m0/s1. The van der Waals surface area contributed by atoms with Crippen LogP contribution in [0.25, 0.3) is 0 Å². The van der Waals surface area contributed by atoms with Gasteiger partial charge in [-0.3, -0.25) is 18.7 Å². The lowest BCUT2D eigenvalue weighted by molar-refractivity contribution is -0.115. The Bertz CT molecular complexity index is 1430. The monoisotopic (exact) mass is 535 g/mol. The van der Waals surface area contributed by atoms with E-state index >= 15 is 4.39 Å². The van der Waals surface area contributed by atoms with Crippen molar-refractivity contribution in [2.24, 2.45) is 11.8 Å². The Morgan fingerprint density at radius 3 is 2.49 bits per heavy atom. The molecule has 37 heavy (non-hydrogen) atoms. The first-order valence-electron chi connectivity index (χ1n) is 11.3. The summed E-state index contributed by atoms with van der Waals surface area (Å²) < 4.78 is 38.4. The van der Waals surface area contributed by atoms with Gasteiger partial charge in [0, 0.05) is 29.2 Å². The summed E-state index contributed by atoms with van der Waals surface area (Å²) in [7, 11) is -4.76. The smallest absolute Gasteiger partial charge is 0.469 e. The molecule has 14 heteroatoms. The molecular formula is C23H23FN3O9P. The summed E-state index contributed by atoms with van der Waals surface area (Å²) in [4.78, 5) is 58.4. The second kappa shape index (κ2) is 8.40. The van der Waals surface area contributed by atoms with E-state index in [1.165, 1.54) is 50.4 Å². The molecule has 2 aromatic rings. The lowest BCUT2D eigenvalue weighted by Crippen LogP contribution is -2.60. The van der Waals surface area contributed by atoms with Crippen molar-refractivity contribution in [1.82, 2.24) is 9.55 Å². The number of aromatic nitrogens is 2. The van der Waals surface area contributed by atoms with E-state index in [1.54, 1.807) is 0 Å². The molecule has 5 unspecified atom stereocenters. The average Bonchev–Trinajstić information content (AvgIpc) is 3.53. The van der Waals surface area contributed by atoms with Gasteiger partial charge in [0.2, 0.25) is 0 Å². The number of allylic oxidation sites excluding steroid dienone is 1. The Morgan fingerprint density at radius 1 is 1.24 bits per heavy atom. The number of ether oxygens (including phenoxy) is 1. The normalized spacial score (nSPS) is 31.7. The summed E-state index contributed by atoms with van der Waals surface area (Å²) in [6, 6.07) is 5.86. The van der Waals surface area contributed by atoms with Crippen LogP contribution >= 0.6 is 7.82 Å². The summed E-state index contributed by atoms with van der Waals surface area (Å²) in [5.41, 5.74) is -4.73. The number of phosphoric acid groups is 1. The van der Waals surface area contributed by atoms with Gasteiger partial charge in [0.15, 0.2) is 11.5 Å². The van der Waals surface area contributed by atoms with Crippen LogP contribution in [0.2, 0.25) is 0 Å². The summed E-state index contributed by atoms with van der Waals surface area (Å²) in [5, 5.41) is 13.6. The topological polar surface area (TPSA) is 177 Å². The molecule has 196 valence electrons. The minimum atomic E-state index is -4.76. The number of phosphoric ester groups is 1. The summed E-state index contributed by atoms with van der Waals surface area (Å²) >= 11 is 0. The van der Waals surface area contributed by atoms with Gasteiger partial charge in [-0.25, -0.2) is 13.8 Å². The van der Waals surface area contributed by atoms with Crippen LogP contribution in [0.5, 0.6) is 0 Å². The summed E-state index contributed by atoms with van der Waals surface area (Å²) in [6.45, 7) is 2.20. The minimum absolute atomic E-state index is 0.0696. The van der Waals surface area contributed by atoms with E-state index < -0.39 is 61.3 Å². The molecule has 0 radical (unpaired) electrons. The molecule has 1 aromatic carbocycles. The van der Waals surface area contributed by atoms with E-state index in [1.807, 2.05) is 0 Å². The van der Waals surface area contributed by atoms with Gasteiger partial charge in [-0.2, -0.15) is 4.98 Å². The molecule has 4 N–H and O–H groups in total. The number of hydrogen-bond acceptors (Lipinski definition) is 8. The molecule has 6 atom stereocenters. The maximum absolute atomic E-state index is 16.2. The van der Waals surface area contributed by atoms with Crippen LogP contribution in [-0.2, 0) is 13.8 Å². The summed E-state index contributed by atoms with van der Waals surface area (Å²) in [5.74, 6) is -2.23. The number of rotatable bonds is 7. The predicted molar refractivity (Wildman–Crippen MR) is 124 cm³/mol. The van der Waals surface area contributed by atoms with Crippen molar-refractivity contribution in [1.29, 1.82) is 0 Å². The first-order valence-corrected chi connectivity index (χ1v) is 12.8. The molecule has 2 aliphatic heterocycles. The number of nitrogens with zero attached hydrogens (tertiary/aromatic N) is 2. The first-order chi connectivity index (χ1) is 17.2. The van der Waals surface area contributed by atoms with Crippen molar-refractivity contribution in [2.45, 2.75) is 37.3 Å². The third kappa shape index (κ3) is 4.22. The number of aliphatic hydroxyl groups is 1. The van der Waals surface area contributed by atoms with Crippen LogP contribution in [0.4, 0.5) is 10.2 Å². The van der Waals surface area contributed by atoms with Crippen LogP contribution in [0.3, 0.4) is 0 Å². The number of amides is 1. The molecular weight excluding hydrogens is 512 g/mol. The number of carbonyl (C=O) groups is 2. The van der Waals surface area contributed by atoms with Crippen LogP contribution < -0.4 is 11.0 Å². The average molecular weight is 535 g/mol. The van der Waals surface area contributed by atoms with Crippen LogP contribution in [0.1, 0.15) is 40.6 Å². The number of Topliss-reactive ketones (excluding diaryl/α,β-unsaturated/α-hetero) is 1. The van der Waals surface area contributed by atoms with Gasteiger partial charge < -0.3 is 24.9 Å². The third-order valence-electron chi connectivity index (χ3n) is 7.15. The third-order valence-corrected chi connectivity index (χ3v) is 7.64. The van der Waals surface area contributed by atoms with Crippen molar-refractivity contribution >= 4 is 25.3 Å². The first kappa shape index (κ1) is 25.4. The lowest BCUT2D eigenvalue weighted by Gasteiger charge is -2.47. The van der Waals surface area contributed by atoms with Gasteiger partial charge in [0.05, 0.1) is 6.61 Å². The molecule has 0 spiro atoms. The van der Waals surface area contributed by atoms with E-state index in [9.17, 15) is 24.1 Å². The van der Waals surface area contributed by atoms with Crippen molar-refractivity contribution in [3.8, 4) is 0 Å². The number of anilines is 1. The van der Waals surface area contributed by atoms with Gasteiger partial charge in [0.1, 0.15) is 29.3 Å². The number of hydrogen-bond donors (Lipinski definition) is 4. The maximum atomic E-state index is 16.2. The largest absolute Gasteiger partial charge is 0.492 e. The Labute approximate surface area is 209 Å². The van der Waals surface area contributed by atoms with Crippen LogP contribution in [0.15, 0.2) is 53.2 Å². The zero-order chi connectivity index (χ0) is 26.9. The second-order valence-electron chi connectivity index (χ2n) is 9.51. The zero-order valence-corrected chi connectivity index (χ0v) is 20.5. The maximum Gasteiger partial charge on any atom is 0.469 e. The van der Waals surface area contributed by atoms with E-state index in [0.29, 0.717) is 5.56 Å². The van der Waals surface area contributed by atoms with Gasteiger partial charge in [0.25, 0.3) is 5.91 Å². The van der Waals surface area contributed by atoms with Crippen molar-refractivity contribution in [2.75, 3.05) is 11.9 Å². The van der Waals surface area contributed by atoms with Gasteiger partial charge in [-0.05, 0) is 38.1 Å². The molecule has 3 heterocycles. The number of ketones is 1. The molecule has 2 fully saturated rings. The van der Waals surface area contributed by atoms with Gasteiger partial charge in [-0.15, -0.1) is 0 Å². The highest BCUT2D eigenvalue weighted by atomic mass is 31.2. The minimum Gasteiger partial charge on any atom is -0.492 e. The molecule has 1 saturated heterocycles. The predicted octanol–water partition coefficient (Wildman–Crippen LogP) is 1.35. The lowest BCUT2D eigenvalue weighted by atomic mass is 9.69. The Kier molecular flexibility index (Phi) is 5.77. The number of nitrogens with one attached hydrogen (secondary N) is 1. The number of alkyl halides is 1. The molecule has 6 rings (SSSR count). The molecule has 4 aliphatic rings. The van der Waals surface area contributed by atoms with E-state index in [-0.39, 0.29) is 22.9 Å². The number of benzene rings is 1. The fourth-order valence-electron chi connectivity index (χ4n) is 5.09. The number of halogens is 1. The molecule has 2 bridgehead atoms. The molecule has 1 aromatic heterocycles. The fraction of sp³-hybridized carbons (Fsp3) is 0.391. The van der Waals surface area contributed by atoms with Gasteiger partial charge in [-0.1, -0.05) is 12.1 Å². The quantitative estimate of drug-likeness (QED) is 0.299.